The number of fused-ring (bicyclic) bond motifs is 1. The number of amides is 1. The van der Waals surface area contributed by atoms with Gasteiger partial charge in [-0.3, -0.25) is 9.59 Å². The molecule has 0 saturated carbocycles. The van der Waals surface area contributed by atoms with Gasteiger partial charge in [0.15, 0.2) is 11.7 Å². The quantitative estimate of drug-likeness (QED) is 0.698. The summed E-state index contributed by atoms with van der Waals surface area (Å²) < 4.78 is 29.1. The van der Waals surface area contributed by atoms with Crippen LogP contribution in [-0.4, -0.2) is 43.4 Å². The third-order valence-electron chi connectivity index (χ3n) is 5.66. The molecule has 1 amide bonds. The summed E-state index contributed by atoms with van der Waals surface area (Å²) in [6, 6.07) is 15.2. The number of anilines is 1. The number of carbonyl (C=O) groups is 2. The van der Waals surface area contributed by atoms with E-state index < -0.39 is 27.9 Å². The van der Waals surface area contributed by atoms with Crippen molar-refractivity contribution in [2.45, 2.75) is 37.6 Å². The van der Waals surface area contributed by atoms with Crippen LogP contribution in [0, 0.1) is 11.8 Å². The largest absolute Gasteiger partial charge is 0.341 e. The number of hydrogen-bond acceptors (Lipinski definition) is 5. The van der Waals surface area contributed by atoms with Gasteiger partial charge in [0, 0.05) is 13.0 Å². The normalized spacial score (nSPS) is 22.3. The summed E-state index contributed by atoms with van der Waals surface area (Å²) in [6.07, 6.45) is 1.13. The summed E-state index contributed by atoms with van der Waals surface area (Å²) in [5.74, 6) is -1.72. The Bertz CT molecular complexity index is 1140. The van der Waals surface area contributed by atoms with Crippen molar-refractivity contribution in [2.24, 2.45) is 16.2 Å². The molecule has 2 atom stereocenters. The number of amidine groups is 1. The van der Waals surface area contributed by atoms with E-state index in [0.29, 0.717) is 24.6 Å². The molecule has 4 rings (SSSR count). The molecule has 1 N–H and O–H groups in total. The Hall–Kier alpha value is -3.00. The third-order valence-corrected chi connectivity index (χ3v) is 7.01. The lowest BCUT2D eigenvalue weighted by Gasteiger charge is -2.24. The first-order valence-electron chi connectivity index (χ1n) is 10.4. The van der Waals surface area contributed by atoms with Crippen molar-refractivity contribution in [3.8, 4) is 0 Å². The fourth-order valence-electron chi connectivity index (χ4n) is 4.01. The molecule has 0 aliphatic carbocycles. The van der Waals surface area contributed by atoms with Gasteiger partial charge in [0.25, 0.3) is 10.0 Å². The molecule has 31 heavy (non-hydrogen) atoms. The van der Waals surface area contributed by atoms with E-state index in [9.17, 15) is 18.0 Å². The van der Waals surface area contributed by atoms with Crippen LogP contribution in [-0.2, 0) is 26.0 Å². The number of hydrogen-bond donors (Lipinski definition) is 1. The highest BCUT2D eigenvalue weighted by molar-refractivity contribution is 7.90. The summed E-state index contributed by atoms with van der Waals surface area (Å²) in [5, 5.41) is 2.93. The molecule has 1 saturated heterocycles. The van der Waals surface area contributed by atoms with E-state index >= 15 is 0 Å². The van der Waals surface area contributed by atoms with Gasteiger partial charge in [-0.1, -0.05) is 56.3 Å². The Labute approximate surface area is 182 Å². The molecule has 2 aromatic carbocycles. The number of carbonyl (C=O) groups excluding carboxylic acids is 2. The Morgan fingerprint density at radius 1 is 1.03 bits per heavy atom. The molecule has 162 valence electrons. The second-order valence-corrected chi connectivity index (χ2v) is 9.90. The number of nitrogens with one attached hydrogen (secondary N) is 1. The molecular formula is C23H25N3O4S. The van der Waals surface area contributed by atoms with Gasteiger partial charge in [0.05, 0.1) is 11.7 Å². The van der Waals surface area contributed by atoms with Gasteiger partial charge in [0.2, 0.25) is 5.91 Å². The first-order valence-corrected chi connectivity index (χ1v) is 11.8. The summed E-state index contributed by atoms with van der Waals surface area (Å²) >= 11 is 0. The van der Waals surface area contributed by atoms with Crippen LogP contribution in [0.1, 0.15) is 25.8 Å². The monoisotopic (exact) mass is 439 g/mol. The minimum atomic E-state index is -3.99. The number of para-hydroxylation sites is 1. The van der Waals surface area contributed by atoms with Crippen LogP contribution < -0.4 is 5.32 Å². The van der Waals surface area contributed by atoms with Crippen molar-refractivity contribution in [2.75, 3.05) is 11.9 Å². The smallest absolute Gasteiger partial charge is 0.286 e. The van der Waals surface area contributed by atoms with Gasteiger partial charge >= 0.3 is 0 Å². The minimum Gasteiger partial charge on any atom is -0.341 e. The molecule has 1 unspecified atom stereocenters. The molecule has 2 aliphatic rings. The highest BCUT2D eigenvalue weighted by Crippen LogP contribution is 2.32. The van der Waals surface area contributed by atoms with Crippen LogP contribution >= 0.6 is 0 Å². The molecule has 0 bridgehead atoms. The van der Waals surface area contributed by atoms with E-state index in [0.717, 1.165) is 12.0 Å². The maximum atomic E-state index is 13.4. The van der Waals surface area contributed by atoms with Crippen LogP contribution in [0.2, 0.25) is 0 Å². The summed E-state index contributed by atoms with van der Waals surface area (Å²) in [7, 11) is -3.99. The fourth-order valence-corrected chi connectivity index (χ4v) is 5.17. The van der Waals surface area contributed by atoms with Gasteiger partial charge in [-0.05, 0) is 30.0 Å². The fraction of sp³-hybridized carbons (Fsp3) is 0.348. The average molecular weight is 440 g/mol. The average Bonchev–Trinajstić information content (AvgIpc) is 2.96. The van der Waals surface area contributed by atoms with E-state index in [1.165, 1.54) is 6.07 Å². The second-order valence-electron chi connectivity index (χ2n) is 8.33. The Morgan fingerprint density at radius 2 is 1.71 bits per heavy atom. The lowest BCUT2D eigenvalue weighted by Crippen LogP contribution is -2.38. The summed E-state index contributed by atoms with van der Waals surface area (Å²) in [4.78, 5) is 28.4. The van der Waals surface area contributed by atoms with Crippen molar-refractivity contribution in [1.82, 2.24) is 4.90 Å². The van der Waals surface area contributed by atoms with Gasteiger partial charge in [0.1, 0.15) is 10.7 Å². The van der Waals surface area contributed by atoms with Crippen molar-refractivity contribution in [3.05, 3.63) is 60.2 Å². The SMILES string of the molecule is CC(C)CCN1C(=O)C(C2=NS(=O)(=O)c3ccccc3N2)C(=O)[C@@H]1Cc1ccccc1. The number of rotatable bonds is 6. The third kappa shape index (κ3) is 4.12. The van der Waals surface area contributed by atoms with E-state index in [1.807, 2.05) is 30.3 Å². The number of benzene rings is 2. The van der Waals surface area contributed by atoms with Gasteiger partial charge in [-0.2, -0.15) is 8.42 Å². The zero-order valence-corrected chi connectivity index (χ0v) is 18.3. The topological polar surface area (TPSA) is 95.9 Å². The first-order chi connectivity index (χ1) is 14.8. The molecule has 0 aromatic heterocycles. The number of nitrogens with zero attached hydrogens (tertiary/aromatic N) is 2. The molecular weight excluding hydrogens is 414 g/mol. The lowest BCUT2D eigenvalue weighted by atomic mass is 9.97. The van der Waals surface area contributed by atoms with Crippen LogP contribution in [0.3, 0.4) is 0 Å². The molecule has 7 nitrogen and oxygen atoms in total. The number of Topliss-reactive ketones (excluding diaryl/α,β-unsaturated/α-hetero) is 1. The predicted molar refractivity (Wildman–Crippen MR) is 118 cm³/mol. The van der Waals surface area contributed by atoms with Crippen molar-refractivity contribution in [3.63, 3.8) is 0 Å². The maximum Gasteiger partial charge on any atom is 0.286 e. The van der Waals surface area contributed by atoms with E-state index in [4.69, 9.17) is 0 Å². The zero-order valence-electron chi connectivity index (χ0n) is 17.5. The maximum absolute atomic E-state index is 13.4. The molecule has 0 radical (unpaired) electrons. The molecule has 2 aromatic rings. The van der Waals surface area contributed by atoms with Crippen LogP contribution in [0.4, 0.5) is 5.69 Å². The zero-order chi connectivity index (χ0) is 22.2. The second kappa shape index (κ2) is 8.26. The Kier molecular flexibility index (Phi) is 5.66. The lowest BCUT2D eigenvalue weighted by molar-refractivity contribution is -0.130. The molecule has 2 heterocycles. The van der Waals surface area contributed by atoms with Crippen molar-refractivity contribution in [1.29, 1.82) is 0 Å². The summed E-state index contributed by atoms with van der Waals surface area (Å²) in [5.41, 5.74) is 1.27. The standard InChI is InChI=1S/C23H25N3O4S/c1-15(2)12-13-26-18(14-16-8-4-3-5-9-16)21(27)20(23(26)28)22-24-17-10-6-7-11-19(17)31(29,30)25-22/h3-11,15,18,20H,12-14H2,1-2H3,(H,24,25)/t18-,20?/m0/s1. The van der Waals surface area contributed by atoms with E-state index in [2.05, 4.69) is 23.6 Å². The van der Waals surface area contributed by atoms with E-state index in [1.54, 1.807) is 23.1 Å². The molecule has 0 spiro atoms. The van der Waals surface area contributed by atoms with Crippen LogP contribution in [0.5, 0.6) is 0 Å². The van der Waals surface area contributed by atoms with E-state index in [-0.39, 0.29) is 16.5 Å². The van der Waals surface area contributed by atoms with Crippen molar-refractivity contribution < 1.29 is 18.0 Å². The van der Waals surface area contributed by atoms with Gasteiger partial charge in [-0.25, -0.2) is 0 Å². The predicted octanol–water partition coefficient (Wildman–Crippen LogP) is 2.88. The first kappa shape index (κ1) is 21.2. The molecule has 8 heteroatoms. The number of ketones is 1. The van der Waals surface area contributed by atoms with Crippen LogP contribution in [0.15, 0.2) is 63.9 Å². The highest BCUT2D eigenvalue weighted by Gasteiger charge is 2.50. The number of likely N-dealkylation sites (tertiary alicyclic amines) is 1. The van der Waals surface area contributed by atoms with Crippen molar-refractivity contribution >= 4 is 33.2 Å². The van der Waals surface area contributed by atoms with Crippen LogP contribution in [0.25, 0.3) is 0 Å². The minimum absolute atomic E-state index is 0.0362. The van der Waals surface area contributed by atoms with Gasteiger partial charge < -0.3 is 10.2 Å². The Morgan fingerprint density at radius 3 is 2.42 bits per heavy atom. The van der Waals surface area contributed by atoms with Gasteiger partial charge in [-0.15, -0.1) is 4.40 Å². The molecule has 1 fully saturated rings. The number of sulfonamides is 1. The highest BCUT2D eigenvalue weighted by atomic mass is 32.2. The Balaban J connectivity index is 1.69. The summed E-state index contributed by atoms with van der Waals surface area (Å²) in [6.45, 7) is 4.55. The molecule has 2 aliphatic heterocycles.